The van der Waals surface area contributed by atoms with E-state index in [1.165, 1.54) is 0 Å². The van der Waals surface area contributed by atoms with E-state index in [9.17, 15) is 4.79 Å². The lowest BCUT2D eigenvalue weighted by Gasteiger charge is -2.06. The minimum Gasteiger partial charge on any atom is -0.481 e. The van der Waals surface area contributed by atoms with Crippen molar-refractivity contribution in [1.29, 1.82) is 0 Å². The summed E-state index contributed by atoms with van der Waals surface area (Å²) in [4.78, 5) is 14.5. The maximum atomic E-state index is 10.6. The van der Waals surface area contributed by atoms with Crippen LogP contribution in [0.1, 0.15) is 12.5 Å². The van der Waals surface area contributed by atoms with Crippen LogP contribution in [0.2, 0.25) is 0 Å². The molecule has 13 heavy (non-hydrogen) atoms. The first-order chi connectivity index (χ1) is 6.11. The average molecular weight is 244 g/mol. The number of nitrogens with zero attached hydrogens (tertiary/aromatic N) is 1. The van der Waals surface area contributed by atoms with Gasteiger partial charge in [-0.05, 0) is 34.0 Å². The Morgan fingerprint density at radius 2 is 2.46 bits per heavy atom. The van der Waals surface area contributed by atoms with Crippen LogP contribution in [0.4, 0.5) is 0 Å². The molecule has 1 unspecified atom stereocenters. The molecule has 70 valence electrons. The molecule has 0 bridgehead atoms. The van der Waals surface area contributed by atoms with Gasteiger partial charge in [0.05, 0.1) is 5.92 Å². The topological polar surface area (TPSA) is 50.2 Å². The van der Waals surface area contributed by atoms with Crippen LogP contribution in [0.5, 0.6) is 0 Å². The van der Waals surface area contributed by atoms with E-state index in [2.05, 4.69) is 20.9 Å². The molecular formula is C9H10BrNO2. The van der Waals surface area contributed by atoms with E-state index in [-0.39, 0.29) is 5.92 Å². The fourth-order valence-electron chi connectivity index (χ4n) is 0.987. The number of aliphatic carboxylic acids is 1. The van der Waals surface area contributed by atoms with Gasteiger partial charge in [-0.2, -0.15) is 0 Å². The number of aromatic nitrogens is 1. The zero-order valence-corrected chi connectivity index (χ0v) is 8.78. The summed E-state index contributed by atoms with van der Waals surface area (Å²) >= 11 is 3.32. The molecule has 4 heteroatoms. The molecule has 1 rings (SSSR count). The Morgan fingerprint density at radius 3 is 3.00 bits per heavy atom. The molecular weight excluding hydrogens is 234 g/mol. The van der Waals surface area contributed by atoms with Crippen LogP contribution >= 0.6 is 15.9 Å². The number of halogens is 1. The fraction of sp³-hybridized carbons (Fsp3) is 0.333. The normalized spacial score (nSPS) is 12.5. The Bertz CT molecular complexity index is 314. The first-order valence-corrected chi connectivity index (χ1v) is 4.71. The number of hydrogen-bond donors (Lipinski definition) is 1. The van der Waals surface area contributed by atoms with Crippen molar-refractivity contribution in [3.8, 4) is 0 Å². The maximum absolute atomic E-state index is 10.6. The fourth-order valence-corrected chi connectivity index (χ4v) is 1.40. The number of hydrogen-bond acceptors (Lipinski definition) is 2. The Hall–Kier alpha value is -0.900. The molecule has 0 aliphatic heterocycles. The number of pyridine rings is 1. The number of carbonyl (C=O) groups is 1. The van der Waals surface area contributed by atoms with E-state index < -0.39 is 5.97 Å². The smallest absolute Gasteiger partial charge is 0.306 e. The van der Waals surface area contributed by atoms with Crippen molar-refractivity contribution in [2.75, 3.05) is 0 Å². The maximum Gasteiger partial charge on any atom is 0.306 e. The minimum absolute atomic E-state index is 0.362. The number of carboxylic acid groups (broad SMARTS) is 1. The van der Waals surface area contributed by atoms with Crippen molar-refractivity contribution in [2.24, 2.45) is 5.92 Å². The Kier molecular flexibility index (Phi) is 3.42. The molecule has 0 fully saturated rings. The molecule has 3 nitrogen and oxygen atoms in total. The highest BCUT2D eigenvalue weighted by atomic mass is 79.9. The van der Waals surface area contributed by atoms with Gasteiger partial charge in [0.2, 0.25) is 0 Å². The SMILES string of the molecule is CC(Cc1ccncc1Br)C(=O)O. The first-order valence-electron chi connectivity index (χ1n) is 3.92. The predicted molar refractivity (Wildman–Crippen MR) is 52.4 cm³/mol. The van der Waals surface area contributed by atoms with Gasteiger partial charge >= 0.3 is 5.97 Å². The molecule has 1 N–H and O–H groups in total. The van der Waals surface area contributed by atoms with Gasteiger partial charge in [-0.1, -0.05) is 6.92 Å². The van der Waals surface area contributed by atoms with Crippen LogP contribution in [0.25, 0.3) is 0 Å². The molecule has 1 atom stereocenters. The van der Waals surface area contributed by atoms with Crippen molar-refractivity contribution in [2.45, 2.75) is 13.3 Å². The van der Waals surface area contributed by atoms with Crippen molar-refractivity contribution >= 4 is 21.9 Å². The van der Waals surface area contributed by atoms with Gasteiger partial charge in [0.1, 0.15) is 0 Å². The molecule has 0 saturated carbocycles. The largest absolute Gasteiger partial charge is 0.481 e. The number of rotatable bonds is 3. The summed E-state index contributed by atoms with van der Waals surface area (Å²) in [5, 5.41) is 8.70. The van der Waals surface area contributed by atoms with Gasteiger partial charge in [-0.3, -0.25) is 9.78 Å². The second kappa shape index (κ2) is 4.37. The summed E-state index contributed by atoms with van der Waals surface area (Å²) < 4.78 is 0.864. The molecule has 0 radical (unpaired) electrons. The van der Waals surface area contributed by atoms with Gasteiger partial charge in [-0.25, -0.2) is 0 Å². The Morgan fingerprint density at radius 1 is 1.77 bits per heavy atom. The highest BCUT2D eigenvalue weighted by molar-refractivity contribution is 9.10. The van der Waals surface area contributed by atoms with Gasteiger partial charge < -0.3 is 5.11 Å². The molecule has 1 heterocycles. The molecule has 0 aliphatic rings. The molecule has 0 aliphatic carbocycles. The Balaban J connectivity index is 2.74. The highest BCUT2D eigenvalue weighted by Crippen LogP contribution is 2.18. The van der Waals surface area contributed by atoms with E-state index in [1.807, 2.05) is 6.07 Å². The van der Waals surface area contributed by atoms with E-state index in [0.717, 1.165) is 10.0 Å². The third kappa shape index (κ3) is 2.81. The van der Waals surface area contributed by atoms with Crippen LogP contribution in [-0.2, 0) is 11.2 Å². The first kappa shape index (κ1) is 10.2. The quantitative estimate of drug-likeness (QED) is 0.885. The monoisotopic (exact) mass is 243 g/mol. The summed E-state index contributed by atoms with van der Waals surface area (Å²) in [5.41, 5.74) is 0.977. The standard InChI is InChI=1S/C9H10BrNO2/c1-6(9(12)13)4-7-2-3-11-5-8(7)10/h2-3,5-6H,4H2,1H3,(H,12,13). The van der Waals surface area contributed by atoms with E-state index in [0.29, 0.717) is 6.42 Å². The van der Waals surface area contributed by atoms with Gasteiger partial charge in [0.25, 0.3) is 0 Å². The van der Waals surface area contributed by atoms with Crippen LogP contribution in [0.15, 0.2) is 22.9 Å². The van der Waals surface area contributed by atoms with Crippen LogP contribution in [0.3, 0.4) is 0 Å². The molecule has 1 aromatic heterocycles. The van der Waals surface area contributed by atoms with Crippen LogP contribution < -0.4 is 0 Å². The van der Waals surface area contributed by atoms with E-state index in [4.69, 9.17) is 5.11 Å². The van der Waals surface area contributed by atoms with Crippen molar-refractivity contribution in [1.82, 2.24) is 4.98 Å². The summed E-state index contributed by atoms with van der Waals surface area (Å²) in [5.74, 6) is -1.14. The summed E-state index contributed by atoms with van der Waals surface area (Å²) in [7, 11) is 0. The summed E-state index contributed by atoms with van der Waals surface area (Å²) in [6.45, 7) is 1.69. The highest BCUT2D eigenvalue weighted by Gasteiger charge is 2.12. The van der Waals surface area contributed by atoms with Crippen molar-refractivity contribution in [3.63, 3.8) is 0 Å². The summed E-state index contributed by atoms with van der Waals surface area (Å²) in [6.07, 6.45) is 3.86. The third-order valence-corrected chi connectivity index (χ3v) is 2.52. The zero-order valence-electron chi connectivity index (χ0n) is 7.20. The van der Waals surface area contributed by atoms with Gasteiger partial charge in [0.15, 0.2) is 0 Å². The molecule has 1 aromatic rings. The van der Waals surface area contributed by atoms with Crippen LogP contribution in [-0.4, -0.2) is 16.1 Å². The molecule has 0 saturated heterocycles. The minimum atomic E-state index is -0.774. The number of carboxylic acids is 1. The lowest BCUT2D eigenvalue weighted by molar-refractivity contribution is -0.141. The van der Waals surface area contributed by atoms with E-state index in [1.54, 1.807) is 19.3 Å². The lowest BCUT2D eigenvalue weighted by Crippen LogP contribution is -2.12. The summed E-state index contributed by atoms with van der Waals surface area (Å²) in [6, 6.07) is 1.82. The predicted octanol–water partition coefficient (Wildman–Crippen LogP) is 2.11. The zero-order chi connectivity index (χ0) is 9.84. The second-order valence-electron chi connectivity index (χ2n) is 2.91. The average Bonchev–Trinajstić information content (AvgIpc) is 2.08. The second-order valence-corrected chi connectivity index (χ2v) is 3.76. The molecule has 0 aromatic carbocycles. The lowest BCUT2D eigenvalue weighted by atomic mass is 10.0. The van der Waals surface area contributed by atoms with E-state index >= 15 is 0 Å². The Labute approximate surface area is 84.9 Å². The third-order valence-electron chi connectivity index (χ3n) is 1.80. The van der Waals surface area contributed by atoms with Crippen LogP contribution in [0, 0.1) is 5.92 Å². The molecule has 0 spiro atoms. The van der Waals surface area contributed by atoms with Gasteiger partial charge in [0, 0.05) is 16.9 Å². The van der Waals surface area contributed by atoms with Crippen molar-refractivity contribution < 1.29 is 9.90 Å². The van der Waals surface area contributed by atoms with Crippen molar-refractivity contribution in [3.05, 3.63) is 28.5 Å². The van der Waals surface area contributed by atoms with Gasteiger partial charge in [-0.15, -0.1) is 0 Å². The molecule has 0 amide bonds.